The summed E-state index contributed by atoms with van der Waals surface area (Å²) in [5.41, 5.74) is 0.547. The van der Waals surface area contributed by atoms with Crippen LogP contribution in [0.1, 0.15) is 22.5 Å². The minimum Gasteiger partial charge on any atom is -0.493 e. The van der Waals surface area contributed by atoms with E-state index in [1.165, 1.54) is 0 Å². The average Bonchev–Trinajstić information content (AvgIpc) is 3.24. The molecular weight excluding hydrogens is 348 g/mol. The summed E-state index contributed by atoms with van der Waals surface area (Å²) < 4.78 is 15.7. The molecule has 1 aromatic heterocycles. The number of carbonyl (C=O) groups excluding carboxylic acids is 2. The van der Waals surface area contributed by atoms with Crippen molar-refractivity contribution in [2.24, 2.45) is 0 Å². The maximum absolute atomic E-state index is 12.7. The van der Waals surface area contributed by atoms with Crippen molar-refractivity contribution in [3.05, 3.63) is 47.9 Å². The van der Waals surface area contributed by atoms with Crippen LogP contribution in [0.15, 0.2) is 41.0 Å². The van der Waals surface area contributed by atoms with Crippen molar-refractivity contribution in [2.75, 3.05) is 40.4 Å². The first kappa shape index (κ1) is 18.8. The van der Waals surface area contributed by atoms with Gasteiger partial charge in [-0.15, -0.1) is 0 Å². The SMILES string of the molecule is COc1ccc(C(=O)N2CCN(C(=O)CCc3ccco3)CC2)cc1OC. The predicted molar refractivity (Wildman–Crippen MR) is 99.1 cm³/mol. The summed E-state index contributed by atoms with van der Waals surface area (Å²) in [6, 6.07) is 8.82. The maximum atomic E-state index is 12.7. The lowest BCUT2D eigenvalue weighted by atomic mass is 10.1. The van der Waals surface area contributed by atoms with Crippen LogP contribution in [0.25, 0.3) is 0 Å². The van der Waals surface area contributed by atoms with Gasteiger partial charge in [-0.3, -0.25) is 9.59 Å². The van der Waals surface area contributed by atoms with Crippen LogP contribution in [0.3, 0.4) is 0 Å². The van der Waals surface area contributed by atoms with Gasteiger partial charge in [-0.05, 0) is 30.3 Å². The summed E-state index contributed by atoms with van der Waals surface area (Å²) in [6.07, 6.45) is 2.62. The van der Waals surface area contributed by atoms with Gasteiger partial charge in [0.2, 0.25) is 5.91 Å². The minimum absolute atomic E-state index is 0.0707. The monoisotopic (exact) mass is 372 g/mol. The first-order valence-electron chi connectivity index (χ1n) is 8.94. The lowest BCUT2D eigenvalue weighted by Gasteiger charge is -2.35. The molecule has 2 aromatic rings. The Morgan fingerprint density at radius 3 is 2.33 bits per heavy atom. The van der Waals surface area contributed by atoms with Crippen LogP contribution in [0.5, 0.6) is 11.5 Å². The van der Waals surface area contributed by atoms with E-state index in [-0.39, 0.29) is 11.8 Å². The number of aryl methyl sites for hydroxylation is 1. The Hall–Kier alpha value is -2.96. The van der Waals surface area contributed by atoms with Gasteiger partial charge in [-0.1, -0.05) is 0 Å². The second-order valence-electron chi connectivity index (χ2n) is 6.32. The Morgan fingerprint density at radius 2 is 1.70 bits per heavy atom. The first-order valence-corrected chi connectivity index (χ1v) is 8.94. The quantitative estimate of drug-likeness (QED) is 0.777. The number of furan rings is 1. The van der Waals surface area contributed by atoms with E-state index >= 15 is 0 Å². The van der Waals surface area contributed by atoms with Gasteiger partial charge in [-0.25, -0.2) is 0 Å². The highest BCUT2D eigenvalue weighted by atomic mass is 16.5. The number of piperazine rings is 1. The van der Waals surface area contributed by atoms with E-state index in [0.29, 0.717) is 56.1 Å². The molecule has 1 aromatic carbocycles. The number of benzene rings is 1. The Kier molecular flexibility index (Phi) is 6.01. The summed E-state index contributed by atoms with van der Waals surface area (Å²) in [6.45, 7) is 2.10. The van der Waals surface area contributed by atoms with Crippen LogP contribution in [-0.2, 0) is 11.2 Å². The largest absolute Gasteiger partial charge is 0.493 e. The van der Waals surface area contributed by atoms with Crippen molar-refractivity contribution in [1.29, 1.82) is 0 Å². The number of hydrogen-bond acceptors (Lipinski definition) is 5. The minimum atomic E-state index is -0.0707. The molecule has 0 aliphatic carbocycles. The molecule has 144 valence electrons. The zero-order chi connectivity index (χ0) is 19.2. The van der Waals surface area contributed by atoms with E-state index < -0.39 is 0 Å². The number of hydrogen-bond donors (Lipinski definition) is 0. The van der Waals surface area contributed by atoms with E-state index in [1.54, 1.807) is 48.5 Å². The van der Waals surface area contributed by atoms with Crippen molar-refractivity contribution in [3.8, 4) is 11.5 Å². The average molecular weight is 372 g/mol. The number of carbonyl (C=O) groups is 2. The molecule has 0 bridgehead atoms. The van der Waals surface area contributed by atoms with Gasteiger partial charge in [0, 0.05) is 44.6 Å². The zero-order valence-electron chi connectivity index (χ0n) is 15.6. The number of rotatable bonds is 6. The van der Waals surface area contributed by atoms with Crippen molar-refractivity contribution in [3.63, 3.8) is 0 Å². The molecule has 0 radical (unpaired) electrons. The molecule has 1 saturated heterocycles. The molecular formula is C20H24N2O5. The molecule has 27 heavy (non-hydrogen) atoms. The highest BCUT2D eigenvalue weighted by molar-refractivity contribution is 5.95. The van der Waals surface area contributed by atoms with Crippen LogP contribution in [0.4, 0.5) is 0 Å². The second kappa shape index (κ2) is 8.62. The van der Waals surface area contributed by atoms with Crippen molar-refractivity contribution in [1.82, 2.24) is 9.80 Å². The molecule has 2 amide bonds. The summed E-state index contributed by atoms with van der Waals surface area (Å²) >= 11 is 0. The van der Waals surface area contributed by atoms with Gasteiger partial charge in [0.05, 0.1) is 20.5 Å². The lowest BCUT2D eigenvalue weighted by Crippen LogP contribution is -2.50. The Balaban J connectivity index is 1.53. The topological polar surface area (TPSA) is 72.2 Å². The van der Waals surface area contributed by atoms with E-state index in [0.717, 1.165) is 5.76 Å². The molecule has 0 spiro atoms. The molecule has 0 N–H and O–H groups in total. The number of nitrogens with zero attached hydrogens (tertiary/aromatic N) is 2. The van der Waals surface area contributed by atoms with Gasteiger partial charge < -0.3 is 23.7 Å². The van der Waals surface area contributed by atoms with Crippen molar-refractivity contribution < 1.29 is 23.5 Å². The lowest BCUT2D eigenvalue weighted by molar-refractivity contribution is -0.132. The summed E-state index contributed by atoms with van der Waals surface area (Å²) in [5.74, 6) is 1.94. The standard InChI is InChI=1S/C20H24N2O5/c1-25-17-7-5-15(14-18(17)26-2)20(24)22-11-9-21(10-12-22)19(23)8-6-16-4-3-13-27-16/h3-5,7,13-14H,6,8-12H2,1-2H3. The fraction of sp³-hybridized carbons (Fsp3) is 0.400. The van der Waals surface area contributed by atoms with Gasteiger partial charge >= 0.3 is 0 Å². The Morgan fingerprint density at radius 1 is 1.00 bits per heavy atom. The van der Waals surface area contributed by atoms with E-state index in [1.807, 2.05) is 12.1 Å². The molecule has 1 aliphatic rings. The van der Waals surface area contributed by atoms with Gasteiger partial charge in [0.25, 0.3) is 5.91 Å². The highest BCUT2D eigenvalue weighted by Gasteiger charge is 2.25. The van der Waals surface area contributed by atoms with Gasteiger partial charge in [-0.2, -0.15) is 0 Å². The third-order valence-corrected chi connectivity index (χ3v) is 4.72. The fourth-order valence-corrected chi connectivity index (χ4v) is 3.15. The molecule has 0 saturated carbocycles. The zero-order valence-corrected chi connectivity index (χ0v) is 15.6. The molecule has 1 aliphatic heterocycles. The Bertz CT molecular complexity index is 780. The van der Waals surface area contributed by atoms with Crippen LogP contribution in [-0.4, -0.2) is 62.0 Å². The Labute approximate surface area is 158 Å². The van der Waals surface area contributed by atoms with E-state index in [4.69, 9.17) is 13.9 Å². The van der Waals surface area contributed by atoms with Crippen LogP contribution < -0.4 is 9.47 Å². The van der Waals surface area contributed by atoms with Crippen molar-refractivity contribution in [2.45, 2.75) is 12.8 Å². The van der Waals surface area contributed by atoms with Crippen LogP contribution in [0, 0.1) is 0 Å². The van der Waals surface area contributed by atoms with Crippen LogP contribution in [0.2, 0.25) is 0 Å². The normalized spacial score (nSPS) is 14.1. The first-order chi connectivity index (χ1) is 13.1. The van der Waals surface area contributed by atoms with Gasteiger partial charge in [0.15, 0.2) is 11.5 Å². The molecule has 2 heterocycles. The molecule has 7 nitrogen and oxygen atoms in total. The second-order valence-corrected chi connectivity index (χ2v) is 6.32. The summed E-state index contributed by atoms with van der Waals surface area (Å²) in [7, 11) is 3.10. The van der Waals surface area contributed by atoms with Gasteiger partial charge in [0.1, 0.15) is 5.76 Å². The smallest absolute Gasteiger partial charge is 0.254 e. The number of ether oxygens (including phenoxy) is 2. The van der Waals surface area contributed by atoms with E-state index in [2.05, 4.69) is 0 Å². The fourth-order valence-electron chi connectivity index (χ4n) is 3.15. The maximum Gasteiger partial charge on any atom is 0.254 e. The molecule has 7 heteroatoms. The van der Waals surface area contributed by atoms with Crippen molar-refractivity contribution >= 4 is 11.8 Å². The molecule has 0 atom stereocenters. The predicted octanol–water partition coefficient (Wildman–Crippen LogP) is 2.21. The summed E-state index contributed by atoms with van der Waals surface area (Å²) in [4.78, 5) is 28.7. The number of methoxy groups -OCH3 is 2. The molecule has 0 unspecified atom stereocenters. The highest BCUT2D eigenvalue weighted by Crippen LogP contribution is 2.28. The van der Waals surface area contributed by atoms with Crippen LogP contribution >= 0.6 is 0 Å². The third kappa shape index (κ3) is 4.42. The molecule has 3 rings (SSSR count). The molecule has 1 fully saturated rings. The van der Waals surface area contributed by atoms with E-state index in [9.17, 15) is 9.59 Å². The number of amides is 2. The third-order valence-electron chi connectivity index (χ3n) is 4.72. The summed E-state index contributed by atoms with van der Waals surface area (Å²) in [5, 5.41) is 0.